The van der Waals surface area contributed by atoms with Gasteiger partial charge in [-0.05, 0) is 50.7 Å². The number of carbonyl (C=O) groups excluding carboxylic acids is 2. The lowest BCUT2D eigenvalue weighted by Crippen LogP contribution is -2.26. The van der Waals surface area contributed by atoms with E-state index in [1.165, 1.54) is 0 Å². The molecule has 1 fully saturated rings. The smallest absolute Gasteiger partial charge is 0.259 e. The fraction of sp³-hybridized carbons (Fsp3) is 0.259. The number of rotatable bonds is 3. The van der Waals surface area contributed by atoms with Gasteiger partial charge < -0.3 is 15.7 Å². The summed E-state index contributed by atoms with van der Waals surface area (Å²) < 4.78 is 0. The first-order valence-corrected chi connectivity index (χ1v) is 11.6. The molecular formula is C27H26N4O2. The lowest BCUT2D eigenvalue weighted by Gasteiger charge is -2.26. The first-order valence-electron chi connectivity index (χ1n) is 11.6. The maximum atomic E-state index is 13.3. The standard InChI is InChI=1S/C27H26N4O2/c1-14-21(17-6-2-4-8-19(17)29-14)23-24(27(33)31-26(23)32)22-18-7-3-5-9-20(18)30-25(22)15-10-12-16(28)13-11-15/h2-9,15-16,29-30H,10-13,28H2,1H3,(H,31,32,33). The van der Waals surface area contributed by atoms with Gasteiger partial charge in [0.15, 0.2) is 0 Å². The third kappa shape index (κ3) is 3.05. The molecule has 0 saturated heterocycles. The molecule has 0 unspecified atom stereocenters. The van der Waals surface area contributed by atoms with Crippen molar-refractivity contribution in [1.29, 1.82) is 0 Å². The van der Waals surface area contributed by atoms with Crippen LogP contribution in [0.2, 0.25) is 0 Å². The van der Waals surface area contributed by atoms with Crippen LogP contribution in [0.4, 0.5) is 0 Å². The second kappa shape index (κ2) is 7.46. The normalized spacial score (nSPS) is 21.4. The van der Waals surface area contributed by atoms with Gasteiger partial charge in [-0.25, -0.2) is 0 Å². The second-order valence-electron chi connectivity index (χ2n) is 9.27. The van der Waals surface area contributed by atoms with E-state index in [1.807, 2.05) is 55.5 Å². The number of amides is 2. The minimum atomic E-state index is -0.343. The molecule has 6 rings (SSSR count). The molecule has 1 saturated carbocycles. The van der Waals surface area contributed by atoms with Gasteiger partial charge in [0.25, 0.3) is 11.8 Å². The number of nitrogens with one attached hydrogen (secondary N) is 3. The number of aryl methyl sites for hydroxylation is 1. The minimum Gasteiger partial charge on any atom is -0.358 e. The summed E-state index contributed by atoms with van der Waals surface area (Å²) in [6, 6.07) is 16.2. The monoisotopic (exact) mass is 438 g/mol. The van der Waals surface area contributed by atoms with Crippen molar-refractivity contribution in [1.82, 2.24) is 15.3 Å². The Labute approximate surface area is 191 Å². The summed E-state index contributed by atoms with van der Waals surface area (Å²) >= 11 is 0. The lowest BCUT2D eigenvalue weighted by atomic mass is 9.81. The molecule has 2 aliphatic rings. The topological polar surface area (TPSA) is 104 Å². The van der Waals surface area contributed by atoms with Crippen LogP contribution in [-0.2, 0) is 9.59 Å². The summed E-state index contributed by atoms with van der Waals surface area (Å²) in [7, 11) is 0. The fourth-order valence-electron chi connectivity index (χ4n) is 5.68. The Morgan fingerprint density at radius 1 is 0.758 bits per heavy atom. The average Bonchev–Trinajstić information content (AvgIpc) is 3.43. The Morgan fingerprint density at radius 2 is 1.30 bits per heavy atom. The van der Waals surface area contributed by atoms with E-state index in [4.69, 9.17) is 5.73 Å². The zero-order chi connectivity index (χ0) is 22.7. The number of para-hydroxylation sites is 2. The molecule has 0 radical (unpaired) electrons. The molecule has 2 amide bonds. The van der Waals surface area contributed by atoms with Gasteiger partial charge in [-0.2, -0.15) is 0 Å². The highest BCUT2D eigenvalue weighted by molar-refractivity contribution is 6.51. The first-order chi connectivity index (χ1) is 16.0. The zero-order valence-electron chi connectivity index (χ0n) is 18.5. The molecule has 0 bridgehead atoms. The number of H-pyrrole nitrogens is 2. The Balaban J connectivity index is 1.66. The van der Waals surface area contributed by atoms with Crippen LogP contribution in [0.15, 0.2) is 48.5 Å². The van der Waals surface area contributed by atoms with E-state index >= 15 is 0 Å². The summed E-state index contributed by atoms with van der Waals surface area (Å²) in [5, 5.41) is 4.50. The van der Waals surface area contributed by atoms with Crippen molar-refractivity contribution in [2.45, 2.75) is 44.6 Å². The van der Waals surface area contributed by atoms with Crippen molar-refractivity contribution >= 4 is 44.8 Å². The van der Waals surface area contributed by atoms with Crippen molar-refractivity contribution in [3.8, 4) is 0 Å². The molecule has 3 heterocycles. The quantitative estimate of drug-likeness (QED) is 0.354. The zero-order valence-corrected chi connectivity index (χ0v) is 18.5. The van der Waals surface area contributed by atoms with Gasteiger partial charge in [0, 0.05) is 50.4 Å². The van der Waals surface area contributed by atoms with Crippen LogP contribution < -0.4 is 11.1 Å². The molecule has 6 nitrogen and oxygen atoms in total. The summed E-state index contributed by atoms with van der Waals surface area (Å²) in [5.41, 5.74) is 12.6. The molecule has 2 aromatic heterocycles. The second-order valence-corrected chi connectivity index (χ2v) is 9.27. The number of aromatic amines is 2. The number of imide groups is 1. The number of carbonyl (C=O) groups is 2. The van der Waals surface area contributed by atoms with E-state index in [-0.39, 0.29) is 23.8 Å². The Hall–Kier alpha value is -3.64. The summed E-state index contributed by atoms with van der Waals surface area (Å²) in [6.45, 7) is 1.95. The molecule has 0 spiro atoms. The predicted molar refractivity (Wildman–Crippen MR) is 130 cm³/mol. The van der Waals surface area contributed by atoms with Crippen molar-refractivity contribution in [2.75, 3.05) is 0 Å². The maximum Gasteiger partial charge on any atom is 0.259 e. The molecule has 1 aliphatic carbocycles. The SMILES string of the molecule is Cc1[nH]c2ccccc2c1C1=C(c2c(C3CCC(N)CC3)[nH]c3ccccc23)C(=O)NC1=O. The van der Waals surface area contributed by atoms with Crippen LogP contribution in [-0.4, -0.2) is 27.8 Å². The van der Waals surface area contributed by atoms with Crippen LogP contribution in [0.1, 0.15) is 54.1 Å². The van der Waals surface area contributed by atoms with Crippen molar-refractivity contribution in [2.24, 2.45) is 5.73 Å². The van der Waals surface area contributed by atoms with E-state index in [0.29, 0.717) is 11.1 Å². The molecule has 4 aromatic rings. The number of aromatic nitrogens is 2. The van der Waals surface area contributed by atoms with Gasteiger partial charge in [-0.1, -0.05) is 36.4 Å². The van der Waals surface area contributed by atoms with Gasteiger partial charge in [0.2, 0.25) is 0 Å². The van der Waals surface area contributed by atoms with E-state index in [9.17, 15) is 9.59 Å². The molecular weight excluding hydrogens is 412 g/mol. The Kier molecular flexibility index (Phi) is 4.52. The highest BCUT2D eigenvalue weighted by Gasteiger charge is 2.38. The van der Waals surface area contributed by atoms with Gasteiger partial charge >= 0.3 is 0 Å². The van der Waals surface area contributed by atoms with Crippen LogP contribution in [0.3, 0.4) is 0 Å². The molecule has 0 atom stereocenters. The number of hydrogen-bond donors (Lipinski definition) is 4. The largest absolute Gasteiger partial charge is 0.358 e. The van der Waals surface area contributed by atoms with E-state index < -0.39 is 0 Å². The Morgan fingerprint density at radius 3 is 1.97 bits per heavy atom. The molecule has 5 N–H and O–H groups in total. The highest BCUT2D eigenvalue weighted by Crippen LogP contribution is 2.44. The van der Waals surface area contributed by atoms with Gasteiger partial charge in [-0.3, -0.25) is 14.9 Å². The number of nitrogens with two attached hydrogens (primary N) is 1. The lowest BCUT2D eigenvalue weighted by molar-refractivity contribution is -0.122. The van der Waals surface area contributed by atoms with Crippen molar-refractivity contribution < 1.29 is 9.59 Å². The first kappa shape index (κ1) is 20.0. The van der Waals surface area contributed by atoms with Gasteiger partial charge in [0.05, 0.1) is 11.1 Å². The van der Waals surface area contributed by atoms with Crippen LogP contribution >= 0.6 is 0 Å². The molecule has 6 heteroatoms. The van der Waals surface area contributed by atoms with Crippen LogP contribution in [0.25, 0.3) is 33.0 Å². The van der Waals surface area contributed by atoms with Gasteiger partial charge in [-0.15, -0.1) is 0 Å². The van der Waals surface area contributed by atoms with E-state index in [2.05, 4.69) is 15.3 Å². The molecule has 2 aromatic carbocycles. The van der Waals surface area contributed by atoms with Crippen LogP contribution in [0.5, 0.6) is 0 Å². The predicted octanol–water partition coefficient (Wildman–Crippen LogP) is 4.51. The van der Waals surface area contributed by atoms with Crippen LogP contribution in [0, 0.1) is 6.92 Å². The Bertz CT molecular complexity index is 1460. The average molecular weight is 439 g/mol. The maximum absolute atomic E-state index is 13.3. The number of benzene rings is 2. The molecule has 1 aliphatic heterocycles. The number of fused-ring (bicyclic) bond motifs is 2. The van der Waals surface area contributed by atoms with Crippen molar-refractivity contribution in [3.05, 3.63) is 71.0 Å². The highest BCUT2D eigenvalue weighted by atomic mass is 16.2. The summed E-state index contributed by atoms with van der Waals surface area (Å²) in [4.78, 5) is 33.5. The van der Waals surface area contributed by atoms with Crippen molar-refractivity contribution in [3.63, 3.8) is 0 Å². The third-order valence-corrected chi connectivity index (χ3v) is 7.24. The summed E-state index contributed by atoms with van der Waals surface area (Å²) in [6.07, 6.45) is 3.84. The number of hydrogen-bond acceptors (Lipinski definition) is 3. The molecule has 33 heavy (non-hydrogen) atoms. The van der Waals surface area contributed by atoms with E-state index in [1.54, 1.807) is 0 Å². The molecule has 166 valence electrons. The fourth-order valence-corrected chi connectivity index (χ4v) is 5.68. The third-order valence-electron chi connectivity index (χ3n) is 7.24. The summed E-state index contributed by atoms with van der Waals surface area (Å²) in [5.74, 6) is -0.406. The minimum absolute atomic E-state index is 0.231. The van der Waals surface area contributed by atoms with E-state index in [0.717, 1.165) is 70.0 Å². The van der Waals surface area contributed by atoms with Gasteiger partial charge in [0.1, 0.15) is 0 Å².